The number of imidazole rings is 1. The second-order valence-electron chi connectivity index (χ2n) is 6.17. The molecule has 0 saturated heterocycles. The van der Waals surface area contributed by atoms with Crippen molar-refractivity contribution < 1.29 is 9.90 Å². The van der Waals surface area contributed by atoms with Crippen molar-refractivity contribution in [1.82, 2.24) is 14.9 Å². The zero-order chi connectivity index (χ0) is 14.7. The fraction of sp³-hybridized carbons (Fsp3) is 0.733. The molecule has 0 radical (unpaired) electrons. The number of rotatable bonds is 5. The van der Waals surface area contributed by atoms with E-state index in [0.717, 1.165) is 25.2 Å². The fourth-order valence-electron chi connectivity index (χ4n) is 2.65. The molecule has 1 aliphatic heterocycles. The van der Waals surface area contributed by atoms with Gasteiger partial charge in [-0.15, -0.1) is 0 Å². The summed E-state index contributed by atoms with van der Waals surface area (Å²) in [5, 5.41) is 12.0. The zero-order valence-electron chi connectivity index (χ0n) is 12.6. The van der Waals surface area contributed by atoms with E-state index in [9.17, 15) is 4.79 Å². The number of aliphatic hydroxyl groups excluding tert-OH is 1. The molecule has 2 rings (SSSR count). The van der Waals surface area contributed by atoms with Crippen LogP contribution < -0.4 is 5.32 Å². The minimum atomic E-state index is -0.133. The van der Waals surface area contributed by atoms with E-state index in [1.165, 1.54) is 0 Å². The largest absolute Gasteiger partial charge is 0.396 e. The van der Waals surface area contributed by atoms with Crippen LogP contribution in [0.15, 0.2) is 6.20 Å². The van der Waals surface area contributed by atoms with Gasteiger partial charge in [-0.05, 0) is 24.7 Å². The van der Waals surface area contributed by atoms with E-state index in [4.69, 9.17) is 5.11 Å². The molecule has 1 aromatic rings. The molecule has 2 N–H and O–H groups in total. The lowest BCUT2D eigenvalue weighted by Crippen LogP contribution is -2.39. The molecule has 0 saturated carbocycles. The van der Waals surface area contributed by atoms with Crippen LogP contribution in [0.3, 0.4) is 0 Å². The van der Waals surface area contributed by atoms with Crippen LogP contribution in [0.1, 0.15) is 49.9 Å². The summed E-state index contributed by atoms with van der Waals surface area (Å²) in [7, 11) is 0. The van der Waals surface area contributed by atoms with Crippen molar-refractivity contribution >= 4 is 5.91 Å². The Labute approximate surface area is 120 Å². The first-order valence-corrected chi connectivity index (χ1v) is 7.49. The van der Waals surface area contributed by atoms with E-state index in [2.05, 4.69) is 21.8 Å². The Morgan fingerprint density at radius 2 is 2.35 bits per heavy atom. The average molecular weight is 279 g/mol. The van der Waals surface area contributed by atoms with Crippen LogP contribution in [0.25, 0.3) is 0 Å². The van der Waals surface area contributed by atoms with Gasteiger partial charge in [-0.2, -0.15) is 0 Å². The number of aromatic nitrogens is 2. The van der Waals surface area contributed by atoms with E-state index in [1.807, 2.05) is 20.0 Å². The number of hydrogen-bond donors (Lipinski definition) is 2. The van der Waals surface area contributed by atoms with Crippen molar-refractivity contribution in [2.75, 3.05) is 6.61 Å². The highest BCUT2D eigenvalue weighted by Gasteiger charge is 2.22. The number of carbonyl (C=O) groups is 1. The minimum absolute atomic E-state index is 0.00912. The summed E-state index contributed by atoms with van der Waals surface area (Å²) in [6, 6.07) is -0.00912. The first kappa shape index (κ1) is 15.0. The maximum Gasteiger partial charge on any atom is 0.271 e. The summed E-state index contributed by atoms with van der Waals surface area (Å²) in [4.78, 5) is 16.7. The van der Waals surface area contributed by atoms with Gasteiger partial charge in [0, 0.05) is 31.8 Å². The smallest absolute Gasteiger partial charge is 0.271 e. The van der Waals surface area contributed by atoms with Gasteiger partial charge in [0.2, 0.25) is 0 Å². The molecule has 0 fully saturated rings. The third-order valence-corrected chi connectivity index (χ3v) is 4.05. The number of aryl methyl sites for hydroxylation is 1. The number of nitrogens with one attached hydrogen (secondary N) is 1. The second kappa shape index (κ2) is 6.39. The summed E-state index contributed by atoms with van der Waals surface area (Å²) < 4.78 is 2.09. The number of hydrogen-bond acceptors (Lipinski definition) is 3. The van der Waals surface area contributed by atoms with Crippen molar-refractivity contribution in [3.8, 4) is 0 Å². The third-order valence-electron chi connectivity index (χ3n) is 4.05. The zero-order valence-corrected chi connectivity index (χ0v) is 12.6. The quantitative estimate of drug-likeness (QED) is 0.860. The number of amides is 1. The maximum atomic E-state index is 12.3. The molecule has 0 aromatic carbocycles. The Bertz CT molecular complexity index is 468. The van der Waals surface area contributed by atoms with Gasteiger partial charge >= 0.3 is 0 Å². The minimum Gasteiger partial charge on any atom is -0.396 e. The lowest BCUT2D eigenvalue weighted by Gasteiger charge is -2.20. The van der Waals surface area contributed by atoms with E-state index in [1.54, 1.807) is 0 Å². The SMILES string of the molecule is CC1CCn2cc(C(=O)NC(CCO)C(C)C)nc2C1. The normalized spacial score (nSPS) is 19.8. The molecule has 0 aliphatic carbocycles. The predicted octanol–water partition coefficient (Wildman–Crippen LogP) is 1.60. The van der Waals surface area contributed by atoms with Crippen molar-refractivity contribution in [3.05, 3.63) is 17.7 Å². The molecule has 112 valence electrons. The highest BCUT2D eigenvalue weighted by atomic mass is 16.3. The molecule has 5 heteroatoms. The van der Waals surface area contributed by atoms with Crippen molar-refractivity contribution in [2.24, 2.45) is 11.8 Å². The summed E-state index contributed by atoms with van der Waals surface area (Å²) >= 11 is 0. The van der Waals surface area contributed by atoms with E-state index in [0.29, 0.717) is 24.0 Å². The van der Waals surface area contributed by atoms with Gasteiger partial charge in [-0.25, -0.2) is 4.98 Å². The third kappa shape index (κ3) is 3.39. The summed E-state index contributed by atoms with van der Waals surface area (Å²) in [6.07, 6.45) is 4.52. The van der Waals surface area contributed by atoms with Crippen molar-refractivity contribution in [2.45, 2.75) is 52.6 Å². The lowest BCUT2D eigenvalue weighted by atomic mass is 10.0. The molecule has 5 nitrogen and oxygen atoms in total. The van der Waals surface area contributed by atoms with Gasteiger partial charge < -0.3 is 15.0 Å². The van der Waals surface area contributed by atoms with E-state index in [-0.39, 0.29) is 18.6 Å². The van der Waals surface area contributed by atoms with E-state index >= 15 is 0 Å². The molecule has 1 amide bonds. The van der Waals surface area contributed by atoms with Gasteiger partial charge in [-0.1, -0.05) is 20.8 Å². The first-order valence-electron chi connectivity index (χ1n) is 7.49. The van der Waals surface area contributed by atoms with Gasteiger partial charge in [0.25, 0.3) is 5.91 Å². The molecule has 2 atom stereocenters. The highest BCUT2D eigenvalue weighted by Crippen LogP contribution is 2.19. The predicted molar refractivity (Wildman–Crippen MR) is 77.5 cm³/mol. The fourth-order valence-corrected chi connectivity index (χ4v) is 2.65. The molecule has 1 aromatic heterocycles. The van der Waals surface area contributed by atoms with Gasteiger partial charge in [0.1, 0.15) is 11.5 Å². The van der Waals surface area contributed by atoms with Crippen LogP contribution in [-0.4, -0.2) is 33.2 Å². The molecule has 2 heterocycles. The van der Waals surface area contributed by atoms with Gasteiger partial charge in [0.15, 0.2) is 0 Å². The Hall–Kier alpha value is -1.36. The number of carbonyl (C=O) groups excluding carboxylic acids is 1. The number of nitrogens with zero attached hydrogens (tertiary/aromatic N) is 2. The van der Waals surface area contributed by atoms with Gasteiger partial charge in [-0.3, -0.25) is 4.79 Å². The Morgan fingerprint density at radius 1 is 1.60 bits per heavy atom. The van der Waals surface area contributed by atoms with Crippen LogP contribution in [0.2, 0.25) is 0 Å². The Kier molecular flexibility index (Phi) is 4.81. The summed E-state index contributed by atoms with van der Waals surface area (Å²) in [5.74, 6) is 1.81. The molecule has 0 bridgehead atoms. The molecular formula is C15H25N3O2. The average Bonchev–Trinajstić information content (AvgIpc) is 2.80. The summed E-state index contributed by atoms with van der Waals surface area (Å²) in [5.41, 5.74) is 0.498. The molecule has 0 spiro atoms. The van der Waals surface area contributed by atoms with Crippen molar-refractivity contribution in [1.29, 1.82) is 0 Å². The van der Waals surface area contributed by atoms with Crippen LogP contribution >= 0.6 is 0 Å². The topological polar surface area (TPSA) is 67.2 Å². The standard InChI is InChI=1S/C15H25N3O2/c1-10(2)12(5-7-19)17-15(20)13-9-18-6-4-11(3)8-14(18)16-13/h9-12,19H,4-8H2,1-3H3,(H,17,20). The number of fused-ring (bicyclic) bond motifs is 1. The second-order valence-corrected chi connectivity index (χ2v) is 6.17. The Balaban J connectivity index is 2.06. The maximum absolute atomic E-state index is 12.3. The molecule has 20 heavy (non-hydrogen) atoms. The van der Waals surface area contributed by atoms with Crippen LogP contribution in [0, 0.1) is 11.8 Å². The van der Waals surface area contributed by atoms with Crippen LogP contribution in [0.4, 0.5) is 0 Å². The Morgan fingerprint density at radius 3 is 3.00 bits per heavy atom. The van der Waals surface area contributed by atoms with Crippen molar-refractivity contribution in [3.63, 3.8) is 0 Å². The lowest BCUT2D eigenvalue weighted by molar-refractivity contribution is 0.0912. The highest BCUT2D eigenvalue weighted by molar-refractivity contribution is 5.92. The number of aliphatic hydroxyl groups is 1. The molecule has 2 unspecified atom stereocenters. The van der Waals surface area contributed by atoms with Crippen LogP contribution in [-0.2, 0) is 13.0 Å². The summed E-state index contributed by atoms with van der Waals surface area (Å²) in [6.45, 7) is 7.33. The monoisotopic (exact) mass is 279 g/mol. The van der Waals surface area contributed by atoms with Crippen LogP contribution in [0.5, 0.6) is 0 Å². The first-order chi connectivity index (χ1) is 9.51. The van der Waals surface area contributed by atoms with E-state index < -0.39 is 0 Å². The van der Waals surface area contributed by atoms with Gasteiger partial charge in [0.05, 0.1) is 0 Å². The molecule has 1 aliphatic rings. The molecular weight excluding hydrogens is 254 g/mol.